The Morgan fingerprint density at radius 3 is 2.25 bits per heavy atom. The van der Waals surface area contributed by atoms with Crippen molar-refractivity contribution in [3.8, 4) is 23.0 Å². The molecular weight excluding hydrogens is 432 g/mol. The molecule has 0 aromatic heterocycles. The van der Waals surface area contributed by atoms with Crippen LogP contribution in [-0.4, -0.2) is 35.8 Å². The van der Waals surface area contributed by atoms with Crippen molar-refractivity contribution in [3.63, 3.8) is 0 Å². The normalized spacial score (nSPS) is 15.9. The highest BCUT2D eigenvalue weighted by atomic mass is 32.2. The first-order valence-electron chi connectivity index (χ1n) is 9.98. The molecule has 3 aromatic carbocycles. The molecule has 0 bridgehead atoms. The SMILES string of the molecule is CS(=O)(=O)Oc1ccc(Cc2cc(O)c(O)c3c2CC(c2ccc(O)cc2)CC3=O)cc1. The van der Waals surface area contributed by atoms with Crippen molar-refractivity contribution in [3.05, 3.63) is 82.4 Å². The van der Waals surface area contributed by atoms with Gasteiger partial charge in [0.05, 0.1) is 11.8 Å². The summed E-state index contributed by atoms with van der Waals surface area (Å²) in [6.45, 7) is 0. The fraction of sp³-hybridized carbons (Fsp3) is 0.208. The van der Waals surface area contributed by atoms with Gasteiger partial charge in [-0.1, -0.05) is 24.3 Å². The zero-order valence-corrected chi connectivity index (χ0v) is 18.1. The van der Waals surface area contributed by atoms with Crippen LogP contribution in [0.5, 0.6) is 23.0 Å². The van der Waals surface area contributed by atoms with Gasteiger partial charge in [-0.05, 0) is 71.3 Å². The zero-order chi connectivity index (χ0) is 23.0. The van der Waals surface area contributed by atoms with E-state index in [2.05, 4.69) is 0 Å². The van der Waals surface area contributed by atoms with Crippen LogP contribution in [0.3, 0.4) is 0 Å². The molecule has 32 heavy (non-hydrogen) atoms. The zero-order valence-electron chi connectivity index (χ0n) is 17.3. The minimum absolute atomic E-state index is 0.121. The van der Waals surface area contributed by atoms with Gasteiger partial charge >= 0.3 is 10.1 Å². The van der Waals surface area contributed by atoms with Crippen LogP contribution >= 0.6 is 0 Å². The predicted molar refractivity (Wildman–Crippen MR) is 118 cm³/mol. The van der Waals surface area contributed by atoms with Gasteiger partial charge in [0.25, 0.3) is 0 Å². The van der Waals surface area contributed by atoms with Crippen LogP contribution < -0.4 is 4.18 Å². The van der Waals surface area contributed by atoms with E-state index in [0.29, 0.717) is 24.0 Å². The number of carbonyl (C=O) groups excluding carboxylic acids is 1. The number of carbonyl (C=O) groups is 1. The van der Waals surface area contributed by atoms with Crippen molar-refractivity contribution in [1.82, 2.24) is 0 Å². The van der Waals surface area contributed by atoms with Crippen LogP contribution in [0.4, 0.5) is 0 Å². The highest BCUT2D eigenvalue weighted by Crippen LogP contribution is 2.43. The molecule has 166 valence electrons. The first kappa shape index (κ1) is 21.7. The number of Topliss-reactive ketones (excluding diaryl/α,β-unsaturated/α-hetero) is 1. The van der Waals surface area contributed by atoms with Crippen LogP contribution in [0.1, 0.15) is 45.0 Å². The van der Waals surface area contributed by atoms with Gasteiger partial charge in [0.2, 0.25) is 0 Å². The summed E-state index contributed by atoms with van der Waals surface area (Å²) in [7, 11) is -3.63. The van der Waals surface area contributed by atoms with E-state index in [1.165, 1.54) is 18.2 Å². The Bertz CT molecular complexity index is 1280. The molecule has 0 heterocycles. The lowest BCUT2D eigenvalue weighted by Crippen LogP contribution is -2.20. The van der Waals surface area contributed by atoms with Gasteiger partial charge in [-0.25, -0.2) is 0 Å². The highest BCUT2D eigenvalue weighted by Gasteiger charge is 2.32. The monoisotopic (exact) mass is 454 g/mol. The summed E-state index contributed by atoms with van der Waals surface area (Å²) in [6.07, 6.45) is 2.01. The second-order valence-electron chi connectivity index (χ2n) is 7.99. The van der Waals surface area contributed by atoms with Crippen molar-refractivity contribution in [2.45, 2.75) is 25.2 Å². The molecule has 1 aliphatic carbocycles. The molecule has 0 fully saturated rings. The standard InChI is InChI=1S/C24H22O7S/c1-32(29,30)31-19-8-2-14(3-9-19)10-17-13-22(27)24(28)23-20(17)11-16(12-21(23)26)15-4-6-18(25)7-5-15/h2-9,13,16,25,27-28H,10-12H2,1H3. The number of rotatable bonds is 5. The quantitative estimate of drug-likeness (QED) is 0.397. The number of hydrogen-bond acceptors (Lipinski definition) is 7. The molecule has 0 saturated heterocycles. The van der Waals surface area contributed by atoms with E-state index in [1.54, 1.807) is 36.4 Å². The molecule has 3 N–H and O–H groups in total. The average molecular weight is 455 g/mol. The fourth-order valence-corrected chi connectivity index (χ4v) is 4.59. The summed E-state index contributed by atoms with van der Waals surface area (Å²) in [5.74, 6) is -0.807. The minimum atomic E-state index is -3.63. The van der Waals surface area contributed by atoms with E-state index in [0.717, 1.165) is 17.4 Å². The van der Waals surface area contributed by atoms with Crippen LogP contribution in [0.25, 0.3) is 0 Å². The highest BCUT2D eigenvalue weighted by molar-refractivity contribution is 7.86. The molecule has 0 radical (unpaired) electrons. The van der Waals surface area contributed by atoms with E-state index >= 15 is 0 Å². The van der Waals surface area contributed by atoms with Gasteiger partial charge < -0.3 is 19.5 Å². The van der Waals surface area contributed by atoms with Crippen molar-refractivity contribution in [2.75, 3.05) is 6.26 Å². The van der Waals surface area contributed by atoms with Crippen molar-refractivity contribution in [2.24, 2.45) is 0 Å². The smallest absolute Gasteiger partial charge is 0.306 e. The summed E-state index contributed by atoms with van der Waals surface area (Å²) in [5.41, 5.74) is 3.24. The van der Waals surface area contributed by atoms with E-state index in [1.807, 2.05) is 0 Å². The van der Waals surface area contributed by atoms with Gasteiger partial charge in [-0.15, -0.1) is 0 Å². The lowest BCUT2D eigenvalue weighted by molar-refractivity contribution is 0.0960. The molecule has 1 atom stereocenters. The topological polar surface area (TPSA) is 121 Å². The Balaban J connectivity index is 1.68. The van der Waals surface area contributed by atoms with Crippen LogP contribution in [0, 0.1) is 0 Å². The lowest BCUT2D eigenvalue weighted by atomic mass is 9.76. The molecule has 0 spiro atoms. The van der Waals surface area contributed by atoms with Gasteiger partial charge in [0, 0.05) is 6.42 Å². The number of benzene rings is 3. The van der Waals surface area contributed by atoms with Crippen LogP contribution in [0.2, 0.25) is 0 Å². The van der Waals surface area contributed by atoms with Gasteiger partial charge in [0.15, 0.2) is 17.3 Å². The summed E-state index contributed by atoms with van der Waals surface area (Å²) < 4.78 is 27.4. The minimum Gasteiger partial charge on any atom is -0.508 e. The Kier molecular flexibility index (Phi) is 5.56. The van der Waals surface area contributed by atoms with E-state index in [4.69, 9.17) is 4.18 Å². The average Bonchev–Trinajstić information content (AvgIpc) is 2.72. The Morgan fingerprint density at radius 2 is 1.62 bits per heavy atom. The van der Waals surface area contributed by atoms with E-state index in [-0.39, 0.29) is 40.9 Å². The molecule has 4 rings (SSSR count). The molecule has 0 saturated carbocycles. The number of aromatic hydroxyl groups is 3. The molecule has 0 aliphatic heterocycles. The number of phenols is 3. The second kappa shape index (κ2) is 8.20. The van der Waals surface area contributed by atoms with E-state index in [9.17, 15) is 28.5 Å². The van der Waals surface area contributed by atoms with Crippen LogP contribution in [0.15, 0.2) is 54.6 Å². The lowest BCUT2D eigenvalue weighted by Gasteiger charge is -2.27. The molecule has 8 heteroatoms. The molecule has 7 nitrogen and oxygen atoms in total. The summed E-state index contributed by atoms with van der Waals surface area (Å²) in [4.78, 5) is 12.9. The third-order valence-electron chi connectivity index (χ3n) is 5.57. The maximum Gasteiger partial charge on any atom is 0.306 e. The summed E-state index contributed by atoms with van der Waals surface area (Å²) >= 11 is 0. The summed E-state index contributed by atoms with van der Waals surface area (Å²) in [5, 5.41) is 30.1. The molecule has 1 aliphatic rings. The molecule has 0 amide bonds. The largest absolute Gasteiger partial charge is 0.508 e. The third-order valence-corrected chi connectivity index (χ3v) is 6.07. The molecule has 1 unspecified atom stereocenters. The number of fused-ring (bicyclic) bond motifs is 1. The van der Waals surface area contributed by atoms with Gasteiger partial charge in [0.1, 0.15) is 11.5 Å². The Hall–Kier alpha value is -3.52. The van der Waals surface area contributed by atoms with E-state index < -0.39 is 15.9 Å². The Morgan fingerprint density at radius 1 is 0.969 bits per heavy atom. The van der Waals surface area contributed by atoms with Gasteiger partial charge in [-0.3, -0.25) is 4.79 Å². The maximum absolute atomic E-state index is 12.9. The van der Waals surface area contributed by atoms with Gasteiger partial charge in [-0.2, -0.15) is 8.42 Å². The third kappa shape index (κ3) is 4.55. The fourth-order valence-electron chi connectivity index (χ4n) is 4.13. The first-order valence-corrected chi connectivity index (χ1v) is 11.8. The molecule has 3 aromatic rings. The van der Waals surface area contributed by atoms with Crippen molar-refractivity contribution >= 4 is 15.9 Å². The number of ketones is 1. The van der Waals surface area contributed by atoms with Crippen molar-refractivity contribution in [1.29, 1.82) is 0 Å². The molecular formula is C24H22O7S. The predicted octanol–water partition coefficient (Wildman–Crippen LogP) is 3.65. The summed E-state index contributed by atoms with van der Waals surface area (Å²) in [6, 6.07) is 14.6. The van der Waals surface area contributed by atoms with Crippen LogP contribution in [-0.2, 0) is 23.0 Å². The second-order valence-corrected chi connectivity index (χ2v) is 9.56. The number of hydrogen-bond donors (Lipinski definition) is 3. The van der Waals surface area contributed by atoms with Crippen molar-refractivity contribution < 1.29 is 32.7 Å². The maximum atomic E-state index is 12.9. The Labute approximate surface area is 185 Å². The first-order chi connectivity index (χ1) is 15.1. The number of phenolic OH excluding ortho intramolecular Hbond substituents is 3.